The van der Waals surface area contributed by atoms with Crippen LogP contribution in [0.5, 0.6) is 0 Å². The largest absolute Gasteiger partial charge is 0.472 e. The van der Waals surface area contributed by atoms with E-state index in [-0.39, 0.29) is 18.1 Å². The molecule has 8 nitrogen and oxygen atoms in total. The van der Waals surface area contributed by atoms with E-state index in [1.807, 2.05) is 0 Å². The van der Waals surface area contributed by atoms with Gasteiger partial charge in [-0.15, -0.1) is 0 Å². The third kappa shape index (κ3) is 4.90. The number of rotatable bonds is 8. The molecule has 0 bridgehead atoms. The zero-order valence-electron chi connectivity index (χ0n) is 19.6. The summed E-state index contributed by atoms with van der Waals surface area (Å²) in [5, 5.41) is 0. The molecule has 1 aromatic heterocycles. The third-order valence-corrected chi connectivity index (χ3v) is 5.97. The summed E-state index contributed by atoms with van der Waals surface area (Å²) in [6.45, 7) is 5.16. The molecule has 190 valence electrons. The van der Waals surface area contributed by atoms with Crippen LogP contribution in [-0.2, 0) is 29.4 Å². The van der Waals surface area contributed by atoms with Gasteiger partial charge in [0.25, 0.3) is 5.60 Å². The predicted molar refractivity (Wildman–Crippen MR) is 115 cm³/mol. The van der Waals surface area contributed by atoms with Crippen LogP contribution in [0.25, 0.3) is 0 Å². The van der Waals surface area contributed by atoms with Gasteiger partial charge in [-0.3, -0.25) is 4.79 Å². The van der Waals surface area contributed by atoms with Gasteiger partial charge in [0.05, 0.1) is 25.0 Å². The first-order chi connectivity index (χ1) is 16.4. The molecule has 11 heteroatoms. The molecular weight excluding hydrogens is 471 g/mol. The second-order valence-corrected chi connectivity index (χ2v) is 8.51. The first-order valence-corrected chi connectivity index (χ1v) is 10.8. The van der Waals surface area contributed by atoms with Gasteiger partial charge in [-0.2, -0.15) is 13.2 Å². The van der Waals surface area contributed by atoms with Crippen LogP contribution in [-0.4, -0.2) is 48.8 Å². The molecule has 3 atom stereocenters. The zero-order valence-corrected chi connectivity index (χ0v) is 19.6. The molecule has 1 aromatic carbocycles. The highest BCUT2D eigenvalue weighted by molar-refractivity contribution is 5.94. The molecule has 0 spiro atoms. The maximum Gasteiger partial charge on any atom is 0.432 e. The molecule has 1 saturated heterocycles. The van der Waals surface area contributed by atoms with Crippen molar-refractivity contribution < 1.29 is 46.2 Å². The van der Waals surface area contributed by atoms with E-state index in [1.165, 1.54) is 30.7 Å². The fraction of sp³-hybridized carbons (Fsp3) is 0.458. The maximum atomic E-state index is 14.3. The molecule has 2 amide bonds. The average molecular weight is 497 g/mol. The Kier molecular flexibility index (Phi) is 7.59. The van der Waals surface area contributed by atoms with E-state index in [2.05, 4.69) is 0 Å². The molecular formula is C24H26F3NO7. The van der Waals surface area contributed by atoms with Gasteiger partial charge in [0.1, 0.15) is 12.7 Å². The number of hydrogen-bond acceptors (Lipinski definition) is 7. The minimum atomic E-state index is -5.19. The van der Waals surface area contributed by atoms with E-state index in [4.69, 9.17) is 18.6 Å². The number of benzene rings is 1. The summed E-state index contributed by atoms with van der Waals surface area (Å²) in [7, 11) is 0.748. The van der Waals surface area contributed by atoms with Gasteiger partial charge in [0.2, 0.25) is 5.91 Å². The van der Waals surface area contributed by atoms with Crippen LogP contribution in [0.2, 0.25) is 0 Å². The lowest BCUT2D eigenvalue weighted by atomic mass is 9.92. The quantitative estimate of drug-likeness (QED) is 0.489. The second kappa shape index (κ2) is 10.1. The Bertz CT molecular complexity index is 1070. The van der Waals surface area contributed by atoms with Gasteiger partial charge < -0.3 is 18.6 Å². The minimum Gasteiger partial charge on any atom is -0.472 e. The number of hydrogen-bond donors (Lipinski definition) is 0. The smallest absolute Gasteiger partial charge is 0.432 e. The molecule has 2 heterocycles. The fourth-order valence-corrected chi connectivity index (χ4v) is 3.98. The Morgan fingerprint density at radius 3 is 2.34 bits per heavy atom. The van der Waals surface area contributed by atoms with Crippen LogP contribution in [0.3, 0.4) is 0 Å². The Morgan fingerprint density at radius 1 is 1.17 bits per heavy atom. The van der Waals surface area contributed by atoms with Crippen molar-refractivity contribution >= 4 is 18.0 Å². The Balaban J connectivity index is 1.98. The Morgan fingerprint density at radius 2 is 1.83 bits per heavy atom. The van der Waals surface area contributed by atoms with Crippen molar-refractivity contribution in [1.29, 1.82) is 0 Å². The number of alkyl halides is 3. The van der Waals surface area contributed by atoms with Gasteiger partial charge in [0.15, 0.2) is 0 Å². The van der Waals surface area contributed by atoms with Crippen LogP contribution >= 0.6 is 0 Å². The average Bonchev–Trinajstić information content (AvgIpc) is 3.39. The lowest BCUT2D eigenvalue weighted by molar-refractivity contribution is -0.278. The van der Waals surface area contributed by atoms with E-state index in [0.717, 1.165) is 24.1 Å². The summed E-state index contributed by atoms with van der Waals surface area (Å²) in [6.07, 6.45) is -5.69. The number of cyclic esters (lactones) is 1. The van der Waals surface area contributed by atoms with E-state index in [9.17, 15) is 27.6 Å². The standard InChI is InChI=1S/C24H26F3NO7/c1-14(2)18-13-34-22(31)28(18)20(29)10-19(17-12-33-11-15(17)3)35-21(30)23(32-4,24(25,26)27)16-8-6-5-7-9-16/h5-9,11-12,14,18-19H,10,13H2,1-4H3/t18-,19+,23+/m0/s1. The van der Waals surface area contributed by atoms with E-state index in [0.29, 0.717) is 5.56 Å². The van der Waals surface area contributed by atoms with Gasteiger partial charge in [-0.05, 0) is 18.4 Å². The first kappa shape index (κ1) is 26.3. The first-order valence-electron chi connectivity index (χ1n) is 10.8. The lowest BCUT2D eigenvalue weighted by Crippen LogP contribution is -2.52. The highest BCUT2D eigenvalue weighted by Crippen LogP contribution is 2.44. The number of aryl methyl sites for hydroxylation is 1. The topological polar surface area (TPSA) is 95.3 Å². The molecule has 0 radical (unpaired) electrons. The van der Waals surface area contributed by atoms with Crippen LogP contribution in [0.15, 0.2) is 47.3 Å². The number of nitrogens with zero attached hydrogens (tertiary/aromatic N) is 1. The lowest BCUT2D eigenvalue weighted by Gasteiger charge is -2.34. The molecule has 1 fully saturated rings. The monoisotopic (exact) mass is 497 g/mol. The number of amides is 2. The number of furan rings is 1. The van der Waals surface area contributed by atoms with Gasteiger partial charge in [-0.25, -0.2) is 14.5 Å². The van der Waals surface area contributed by atoms with Crippen molar-refractivity contribution in [2.24, 2.45) is 5.92 Å². The van der Waals surface area contributed by atoms with Crippen LogP contribution < -0.4 is 0 Å². The van der Waals surface area contributed by atoms with Crippen LogP contribution in [0, 0.1) is 12.8 Å². The van der Waals surface area contributed by atoms with Gasteiger partial charge in [-0.1, -0.05) is 44.2 Å². The summed E-state index contributed by atoms with van der Waals surface area (Å²) in [5.74, 6) is -2.66. The minimum absolute atomic E-state index is 0.00764. The molecule has 3 rings (SSSR count). The summed E-state index contributed by atoms with van der Waals surface area (Å²) in [5.41, 5.74) is -3.31. The van der Waals surface area contributed by atoms with Crippen molar-refractivity contribution in [2.75, 3.05) is 13.7 Å². The molecule has 1 aliphatic heterocycles. The number of ether oxygens (including phenoxy) is 3. The number of carbonyl (C=O) groups excluding carboxylic acids is 3. The highest BCUT2D eigenvalue weighted by atomic mass is 19.4. The van der Waals surface area contributed by atoms with Crippen LogP contribution in [0.4, 0.5) is 18.0 Å². The van der Waals surface area contributed by atoms with Crippen molar-refractivity contribution in [2.45, 2.75) is 51.1 Å². The molecule has 35 heavy (non-hydrogen) atoms. The number of imide groups is 1. The predicted octanol–water partition coefficient (Wildman–Crippen LogP) is 4.67. The van der Waals surface area contributed by atoms with Crippen LogP contribution in [0.1, 0.15) is 43.1 Å². The molecule has 0 saturated carbocycles. The van der Waals surface area contributed by atoms with Crippen molar-refractivity contribution in [3.05, 3.63) is 59.5 Å². The summed E-state index contributed by atoms with van der Waals surface area (Å²) in [6, 6.07) is 5.77. The molecule has 0 unspecified atom stereocenters. The van der Waals surface area contributed by atoms with E-state index < -0.39 is 53.9 Å². The summed E-state index contributed by atoms with van der Waals surface area (Å²) in [4.78, 5) is 39.4. The number of methoxy groups -OCH3 is 1. The number of esters is 1. The molecule has 2 aromatic rings. The number of halogens is 3. The zero-order chi connectivity index (χ0) is 26.0. The number of carbonyl (C=O) groups is 3. The maximum absolute atomic E-state index is 14.3. The third-order valence-electron chi connectivity index (χ3n) is 5.97. The molecule has 0 aliphatic carbocycles. The van der Waals surface area contributed by atoms with Crippen molar-refractivity contribution in [3.63, 3.8) is 0 Å². The Labute approximate surface area is 199 Å². The SMILES string of the molecule is CO[C@@](C(=O)O[C@H](CC(=O)N1C(=O)OC[C@H]1C(C)C)c1cocc1C)(c1ccccc1)C(F)(F)F. The fourth-order valence-electron chi connectivity index (χ4n) is 3.98. The molecule has 0 N–H and O–H groups in total. The van der Waals surface area contributed by atoms with Gasteiger partial charge >= 0.3 is 18.2 Å². The molecule has 1 aliphatic rings. The van der Waals surface area contributed by atoms with E-state index >= 15 is 0 Å². The van der Waals surface area contributed by atoms with Crippen molar-refractivity contribution in [1.82, 2.24) is 4.90 Å². The second-order valence-electron chi connectivity index (χ2n) is 8.51. The Hall–Kier alpha value is -3.34. The van der Waals surface area contributed by atoms with E-state index in [1.54, 1.807) is 20.8 Å². The van der Waals surface area contributed by atoms with Crippen molar-refractivity contribution in [3.8, 4) is 0 Å². The summed E-state index contributed by atoms with van der Waals surface area (Å²) >= 11 is 0. The highest BCUT2D eigenvalue weighted by Gasteiger charge is 2.64. The summed E-state index contributed by atoms with van der Waals surface area (Å²) < 4.78 is 63.1. The normalized spacial score (nSPS) is 18.8. The van der Waals surface area contributed by atoms with Gasteiger partial charge in [0, 0.05) is 18.2 Å².